The minimum atomic E-state index is -3.50. The highest BCUT2D eigenvalue weighted by molar-refractivity contribution is 7.90. The summed E-state index contributed by atoms with van der Waals surface area (Å²) < 4.78 is 30.5. The largest absolute Gasteiger partial charge is 0.450 e. The molecule has 0 radical (unpaired) electrons. The normalized spacial score (nSPS) is 11.3. The number of rotatable bonds is 7. The number of anilines is 1. The number of carbonyl (C=O) groups is 1. The molecule has 1 N–H and O–H groups in total. The maximum absolute atomic E-state index is 12.7. The van der Waals surface area contributed by atoms with E-state index in [-0.39, 0.29) is 17.3 Å². The van der Waals surface area contributed by atoms with Crippen molar-refractivity contribution in [2.45, 2.75) is 24.5 Å². The highest BCUT2D eigenvalue weighted by Gasteiger charge is 2.18. The first kappa shape index (κ1) is 24.9. The van der Waals surface area contributed by atoms with Crippen LogP contribution in [0.2, 0.25) is 5.02 Å². The second kappa shape index (κ2) is 10.6. The second-order valence-electron chi connectivity index (χ2n) is 7.82. The molecule has 4 rings (SSSR count). The van der Waals surface area contributed by atoms with E-state index in [4.69, 9.17) is 21.3 Å². The molecule has 6 nitrogen and oxygen atoms in total. The van der Waals surface area contributed by atoms with E-state index in [1.54, 1.807) is 31.2 Å². The lowest BCUT2D eigenvalue weighted by Gasteiger charge is -2.06. The first-order valence-corrected chi connectivity index (χ1v) is 13.7. The Bertz CT molecular complexity index is 1430. The van der Waals surface area contributed by atoms with Gasteiger partial charge in [-0.2, -0.15) is 0 Å². The topological polar surface area (TPSA) is 85.4 Å². The summed E-state index contributed by atoms with van der Waals surface area (Å²) in [7, 11) is -3.50. The van der Waals surface area contributed by atoms with E-state index in [9.17, 15) is 13.2 Å². The number of thiazole rings is 1. The van der Waals surface area contributed by atoms with Gasteiger partial charge in [-0.15, -0.1) is 0 Å². The summed E-state index contributed by atoms with van der Waals surface area (Å²) in [6, 6.07) is 21.2. The third-order valence-corrected chi connectivity index (χ3v) is 8.15. The van der Waals surface area contributed by atoms with Gasteiger partial charge in [-0.3, -0.25) is 5.32 Å². The van der Waals surface area contributed by atoms with Crippen molar-refractivity contribution in [3.63, 3.8) is 0 Å². The summed E-state index contributed by atoms with van der Waals surface area (Å²) in [6.45, 7) is 4.01. The third-order valence-electron chi connectivity index (χ3n) is 5.17. The fourth-order valence-corrected chi connectivity index (χ4v) is 5.84. The van der Waals surface area contributed by atoms with Crippen molar-refractivity contribution in [2.75, 3.05) is 11.9 Å². The summed E-state index contributed by atoms with van der Waals surface area (Å²) in [5, 5.41) is 4.54. The Balaban J connectivity index is 1.61. The van der Waals surface area contributed by atoms with Gasteiger partial charge in [0, 0.05) is 16.1 Å². The standard InChI is InChI=1S/C26H23ClN2O4S2/c1-3-33-26(30)29-25-23(19-8-4-17(2)5-9-19)28-24(34-25)20-10-6-18(7-11-20)16-35(31,32)22-14-12-21(27)13-15-22/h4-15H,3,16H2,1-2H3,(H,29,30). The number of aromatic nitrogens is 1. The van der Waals surface area contributed by atoms with E-state index in [1.165, 1.54) is 23.5 Å². The molecule has 0 aliphatic rings. The lowest BCUT2D eigenvalue weighted by Crippen LogP contribution is -2.12. The van der Waals surface area contributed by atoms with Gasteiger partial charge >= 0.3 is 6.09 Å². The lowest BCUT2D eigenvalue weighted by molar-refractivity contribution is 0.168. The van der Waals surface area contributed by atoms with Gasteiger partial charge in [0.1, 0.15) is 15.7 Å². The van der Waals surface area contributed by atoms with Crippen LogP contribution in [0.5, 0.6) is 0 Å². The molecule has 35 heavy (non-hydrogen) atoms. The molecule has 0 spiro atoms. The number of ether oxygens (including phenoxy) is 1. The number of halogens is 1. The van der Waals surface area contributed by atoms with E-state index >= 15 is 0 Å². The van der Waals surface area contributed by atoms with E-state index in [2.05, 4.69) is 5.32 Å². The Morgan fingerprint density at radius 1 is 0.971 bits per heavy atom. The summed E-state index contributed by atoms with van der Waals surface area (Å²) in [6.07, 6.45) is -0.543. The average molecular weight is 527 g/mol. The van der Waals surface area contributed by atoms with Crippen molar-refractivity contribution < 1.29 is 17.9 Å². The zero-order chi connectivity index (χ0) is 25.0. The number of hydrogen-bond donors (Lipinski definition) is 1. The van der Waals surface area contributed by atoms with Crippen LogP contribution >= 0.6 is 22.9 Å². The minimum absolute atomic E-state index is 0.128. The predicted octanol–water partition coefficient (Wildman–Crippen LogP) is 6.98. The van der Waals surface area contributed by atoms with Gasteiger partial charge in [0.2, 0.25) is 0 Å². The van der Waals surface area contributed by atoms with Crippen molar-refractivity contribution in [1.29, 1.82) is 0 Å². The molecule has 1 heterocycles. The molecular formula is C26H23ClN2O4S2. The van der Waals surface area contributed by atoms with Crippen molar-refractivity contribution in [3.8, 4) is 21.8 Å². The molecule has 180 valence electrons. The highest BCUT2D eigenvalue weighted by Crippen LogP contribution is 2.38. The van der Waals surface area contributed by atoms with E-state index in [0.717, 1.165) is 16.7 Å². The first-order chi connectivity index (χ1) is 16.7. The SMILES string of the molecule is CCOC(=O)Nc1sc(-c2ccc(CS(=O)(=O)c3ccc(Cl)cc3)cc2)nc1-c1ccc(C)cc1. The van der Waals surface area contributed by atoms with E-state index in [1.807, 2.05) is 43.3 Å². The fraction of sp³-hybridized carbons (Fsp3) is 0.154. The molecule has 3 aromatic carbocycles. The predicted molar refractivity (Wildman–Crippen MR) is 141 cm³/mol. The van der Waals surface area contributed by atoms with Crippen LogP contribution in [0.15, 0.2) is 77.7 Å². The molecule has 1 amide bonds. The molecule has 0 bridgehead atoms. The summed E-state index contributed by atoms with van der Waals surface area (Å²) in [4.78, 5) is 17.1. The number of aryl methyl sites for hydroxylation is 1. The van der Waals surface area contributed by atoms with Gasteiger partial charge in [0.25, 0.3) is 0 Å². The average Bonchev–Trinajstić information content (AvgIpc) is 3.24. The zero-order valence-corrected chi connectivity index (χ0v) is 21.5. The van der Waals surface area contributed by atoms with Gasteiger partial charge in [-0.1, -0.05) is 77.0 Å². The maximum Gasteiger partial charge on any atom is 0.412 e. The minimum Gasteiger partial charge on any atom is -0.450 e. The molecule has 0 saturated carbocycles. The second-order valence-corrected chi connectivity index (χ2v) is 11.2. The van der Waals surface area contributed by atoms with Crippen molar-refractivity contribution in [1.82, 2.24) is 4.98 Å². The summed E-state index contributed by atoms with van der Waals surface area (Å²) in [5.74, 6) is -0.128. The highest BCUT2D eigenvalue weighted by atomic mass is 35.5. The molecule has 1 aromatic heterocycles. The van der Waals surface area contributed by atoms with Crippen LogP contribution in [-0.4, -0.2) is 26.1 Å². The number of hydrogen-bond acceptors (Lipinski definition) is 6. The molecule has 0 fully saturated rings. The number of nitrogens with zero attached hydrogens (tertiary/aromatic N) is 1. The maximum atomic E-state index is 12.7. The number of sulfone groups is 1. The van der Waals surface area contributed by atoms with Crippen LogP contribution in [0.1, 0.15) is 18.1 Å². The number of nitrogens with one attached hydrogen (secondary N) is 1. The van der Waals surface area contributed by atoms with Gasteiger partial charge < -0.3 is 4.74 Å². The lowest BCUT2D eigenvalue weighted by atomic mass is 10.1. The Morgan fingerprint density at radius 2 is 1.60 bits per heavy atom. The zero-order valence-electron chi connectivity index (χ0n) is 19.1. The van der Waals surface area contributed by atoms with Crippen molar-refractivity contribution >= 4 is 43.9 Å². The molecule has 9 heteroatoms. The number of benzene rings is 3. The van der Waals surface area contributed by atoms with E-state index in [0.29, 0.717) is 26.3 Å². The molecule has 4 aromatic rings. The van der Waals surface area contributed by atoms with Gasteiger partial charge in [-0.25, -0.2) is 18.2 Å². The number of carbonyl (C=O) groups excluding carboxylic acids is 1. The monoisotopic (exact) mass is 526 g/mol. The van der Waals surface area contributed by atoms with Crippen LogP contribution in [0.25, 0.3) is 21.8 Å². The Kier molecular flexibility index (Phi) is 7.54. The van der Waals surface area contributed by atoms with Crippen LogP contribution in [0.4, 0.5) is 9.80 Å². The van der Waals surface area contributed by atoms with Crippen molar-refractivity contribution in [2.24, 2.45) is 0 Å². The third kappa shape index (κ3) is 6.08. The van der Waals surface area contributed by atoms with Crippen molar-refractivity contribution in [3.05, 3.63) is 88.9 Å². The van der Waals surface area contributed by atoms with E-state index < -0.39 is 15.9 Å². The van der Waals surface area contributed by atoms with Crippen LogP contribution < -0.4 is 5.32 Å². The van der Waals surface area contributed by atoms with Crippen LogP contribution in [0, 0.1) is 6.92 Å². The van der Waals surface area contributed by atoms with Crippen LogP contribution in [0.3, 0.4) is 0 Å². The van der Waals surface area contributed by atoms with Gasteiger partial charge in [0.15, 0.2) is 9.84 Å². The quantitative estimate of drug-likeness (QED) is 0.281. The molecule has 0 unspecified atom stereocenters. The Hall–Kier alpha value is -3.20. The van der Waals surface area contributed by atoms with Gasteiger partial charge in [-0.05, 0) is 43.7 Å². The molecular weight excluding hydrogens is 504 g/mol. The molecule has 0 saturated heterocycles. The number of amides is 1. The smallest absolute Gasteiger partial charge is 0.412 e. The molecule has 0 aliphatic carbocycles. The Labute approximate surface area is 213 Å². The Morgan fingerprint density at radius 3 is 2.23 bits per heavy atom. The fourth-order valence-electron chi connectivity index (χ4n) is 3.38. The summed E-state index contributed by atoms with van der Waals surface area (Å²) >= 11 is 7.20. The first-order valence-electron chi connectivity index (χ1n) is 10.8. The summed E-state index contributed by atoms with van der Waals surface area (Å²) in [5.41, 5.74) is 4.10. The van der Waals surface area contributed by atoms with Gasteiger partial charge in [0.05, 0.1) is 17.3 Å². The van der Waals surface area contributed by atoms with Crippen LogP contribution in [-0.2, 0) is 20.3 Å². The molecule has 0 aliphatic heterocycles. The molecule has 0 atom stereocenters.